The smallest absolute Gasteiger partial charge is 0.0423 e. The van der Waals surface area contributed by atoms with Crippen molar-refractivity contribution in [1.29, 1.82) is 0 Å². The van der Waals surface area contributed by atoms with Gasteiger partial charge in [0.2, 0.25) is 0 Å². The van der Waals surface area contributed by atoms with E-state index in [1.54, 1.807) is 6.07 Å². The second kappa shape index (κ2) is 6.83. The monoisotopic (exact) mass is 319 g/mol. The minimum absolute atomic E-state index is 0.516. The van der Waals surface area contributed by atoms with Gasteiger partial charge in [0.05, 0.1) is 0 Å². The van der Waals surface area contributed by atoms with Crippen LogP contribution >= 0.6 is 23.2 Å². The molecule has 1 fully saturated rings. The molecule has 0 amide bonds. The zero-order valence-electron chi connectivity index (χ0n) is 11.9. The van der Waals surface area contributed by atoms with E-state index in [0.717, 1.165) is 36.0 Å². The third-order valence-electron chi connectivity index (χ3n) is 4.26. The van der Waals surface area contributed by atoms with Crippen molar-refractivity contribution >= 4 is 23.2 Å². The Morgan fingerprint density at radius 2 is 1.71 bits per heavy atom. The number of benzene rings is 2. The van der Waals surface area contributed by atoms with Crippen LogP contribution in [0.4, 0.5) is 0 Å². The molecule has 0 radical (unpaired) electrons. The Morgan fingerprint density at radius 1 is 1.00 bits per heavy atom. The predicted molar refractivity (Wildman–Crippen MR) is 90.3 cm³/mol. The van der Waals surface area contributed by atoms with Crippen LogP contribution in [0.1, 0.15) is 23.5 Å². The maximum absolute atomic E-state index is 6.18. The van der Waals surface area contributed by atoms with Crippen LogP contribution in [0.15, 0.2) is 48.5 Å². The molecular weight excluding hydrogens is 301 g/mol. The normalized spacial score (nSPS) is 22.2. The number of hydrogen-bond donors (Lipinski definition) is 1. The van der Waals surface area contributed by atoms with Crippen LogP contribution in [0.25, 0.3) is 0 Å². The average Bonchev–Trinajstić information content (AvgIpc) is 2.48. The van der Waals surface area contributed by atoms with Crippen molar-refractivity contribution in [2.24, 2.45) is 5.92 Å². The third-order valence-corrected chi connectivity index (χ3v) is 4.70. The summed E-state index contributed by atoms with van der Waals surface area (Å²) in [6, 6.07) is 16.6. The number of piperidine rings is 1. The fraction of sp³-hybridized carbons (Fsp3) is 0.333. The summed E-state index contributed by atoms with van der Waals surface area (Å²) in [6.45, 7) is 2.10. The molecule has 2 aromatic rings. The van der Waals surface area contributed by atoms with Gasteiger partial charge in [-0.1, -0.05) is 53.5 Å². The third kappa shape index (κ3) is 3.79. The fourth-order valence-electron chi connectivity index (χ4n) is 3.28. The number of nitrogens with one attached hydrogen (secondary N) is 1. The first-order valence-corrected chi connectivity index (χ1v) is 8.18. The van der Waals surface area contributed by atoms with E-state index in [0.29, 0.717) is 11.8 Å². The fourth-order valence-corrected chi connectivity index (χ4v) is 3.83. The highest BCUT2D eigenvalue weighted by atomic mass is 35.5. The Bertz CT molecular complexity index is 577. The Hall–Kier alpha value is -1.02. The number of rotatable bonds is 3. The molecule has 3 heteroatoms. The molecule has 0 aliphatic carbocycles. The second-order valence-electron chi connectivity index (χ2n) is 5.75. The summed E-state index contributed by atoms with van der Waals surface area (Å²) < 4.78 is 0. The minimum Gasteiger partial charge on any atom is -0.316 e. The van der Waals surface area contributed by atoms with E-state index < -0.39 is 0 Å². The lowest BCUT2D eigenvalue weighted by Crippen LogP contribution is -2.36. The molecular formula is C18H19Cl2N. The molecule has 1 nitrogen and oxygen atoms in total. The summed E-state index contributed by atoms with van der Waals surface area (Å²) in [7, 11) is 0. The van der Waals surface area contributed by atoms with Crippen molar-refractivity contribution in [1.82, 2.24) is 5.32 Å². The average molecular weight is 320 g/mol. The van der Waals surface area contributed by atoms with Crippen LogP contribution in [-0.4, -0.2) is 13.1 Å². The first kappa shape index (κ1) is 14.9. The predicted octanol–water partition coefficient (Wildman–Crippen LogP) is 4.93. The van der Waals surface area contributed by atoms with Crippen LogP contribution in [0.3, 0.4) is 0 Å². The first-order chi connectivity index (χ1) is 10.2. The molecule has 2 unspecified atom stereocenters. The van der Waals surface area contributed by atoms with E-state index >= 15 is 0 Å². The summed E-state index contributed by atoms with van der Waals surface area (Å²) in [4.78, 5) is 0. The molecule has 0 saturated carbocycles. The van der Waals surface area contributed by atoms with E-state index in [1.807, 2.05) is 0 Å². The summed E-state index contributed by atoms with van der Waals surface area (Å²) in [6.07, 6.45) is 2.22. The van der Waals surface area contributed by atoms with Crippen LogP contribution < -0.4 is 5.32 Å². The number of halogens is 2. The summed E-state index contributed by atoms with van der Waals surface area (Å²) in [5.74, 6) is 1.10. The van der Waals surface area contributed by atoms with Crippen molar-refractivity contribution in [3.05, 3.63) is 69.7 Å². The molecule has 1 saturated heterocycles. The lowest BCUT2D eigenvalue weighted by atomic mass is 9.78. The lowest BCUT2D eigenvalue weighted by Gasteiger charge is -2.33. The SMILES string of the molecule is Clc1cc(Cl)cc(C2CCNCC2Cc2ccccc2)c1. The van der Waals surface area contributed by atoms with Gasteiger partial charge in [0.15, 0.2) is 0 Å². The van der Waals surface area contributed by atoms with Crippen LogP contribution in [0.2, 0.25) is 10.0 Å². The van der Waals surface area contributed by atoms with E-state index in [1.165, 1.54) is 11.1 Å². The zero-order chi connectivity index (χ0) is 14.7. The molecule has 0 spiro atoms. The van der Waals surface area contributed by atoms with Crippen molar-refractivity contribution in [3.8, 4) is 0 Å². The highest BCUT2D eigenvalue weighted by Crippen LogP contribution is 2.35. The highest BCUT2D eigenvalue weighted by molar-refractivity contribution is 6.34. The van der Waals surface area contributed by atoms with Crippen molar-refractivity contribution in [3.63, 3.8) is 0 Å². The van der Waals surface area contributed by atoms with Gasteiger partial charge in [-0.3, -0.25) is 0 Å². The van der Waals surface area contributed by atoms with Gasteiger partial charge in [0, 0.05) is 10.0 Å². The van der Waals surface area contributed by atoms with E-state index in [4.69, 9.17) is 23.2 Å². The van der Waals surface area contributed by atoms with Crippen molar-refractivity contribution < 1.29 is 0 Å². The standard InChI is InChI=1S/C18H19Cl2N/c19-16-9-14(10-17(20)11-16)18-6-7-21-12-15(18)8-13-4-2-1-3-5-13/h1-5,9-11,15,18,21H,6-8,12H2. The van der Waals surface area contributed by atoms with Gasteiger partial charge in [-0.15, -0.1) is 0 Å². The van der Waals surface area contributed by atoms with Crippen LogP contribution in [-0.2, 0) is 6.42 Å². The molecule has 1 aliphatic heterocycles. The van der Waals surface area contributed by atoms with Crippen LogP contribution in [0.5, 0.6) is 0 Å². The molecule has 2 aromatic carbocycles. The summed E-state index contributed by atoms with van der Waals surface area (Å²) >= 11 is 12.4. The molecule has 1 aliphatic rings. The van der Waals surface area contributed by atoms with Gasteiger partial charge in [-0.25, -0.2) is 0 Å². The Balaban J connectivity index is 1.84. The molecule has 21 heavy (non-hydrogen) atoms. The maximum atomic E-state index is 6.18. The second-order valence-corrected chi connectivity index (χ2v) is 6.62. The topological polar surface area (TPSA) is 12.0 Å². The van der Waals surface area contributed by atoms with Gasteiger partial charge in [0.1, 0.15) is 0 Å². The molecule has 110 valence electrons. The first-order valence-electron chi connectivity index (χ1n) is 7.43. The van der Waals surface area contributed by atoms with Gasteiger partial charge < -0.3 is 5.32 Å². The number of hydrogen-bond acceptors (Lipinski definition) is 1. The van der Waals surface area contributed by atoms with Crippen molar-refractivity contribution in [2.45, 2.75) is 18.8 Å². The van der Waals surface area contributed by atoms with Gasteiger partial charge in [-0.05, 0) is 67.1 Å². The minimum atomic E-state index is 0.516. The molecule has 0 aromatic heterocycles. The van der Waals surface area contributed by atoms with Gasteiger partial charge >= 0.3 is 0 Å². The lowest BCUT2D eigenvalue weighted by molar-refractivity contribution is 0.324. The molecule has 3 rings (SSSR count). The van der Waals surface area contributed by atoms with Crippen molar-refractivity contribution in [2.75, 3.05) is 13.1 Å². The van der Waals surface area contributed by atoms with Gasteiger partial charge in [-0.2, -0.15) is 0 Å². The molecule has 0 bridgehead atoms. The Kier molecular flexibility index (Phi) is 4.84. The molecule has 1 heterocycles. The van der Waals surface area contributed by atoms with Gasteiger partial charge in [0.25, 0.3) is 0 Å². The Labute approximate surface area is 136 Å². The largest absolute Gasteiger partial charge is 0.316 e. The summed E-state index contributed by atoms with van der Waals surface area (Å²) in [5, 5.41) is 4.98. The van der Waals surface area contributed by atoms with E-state index in [9.17, 15) is 0 Å². The van der Waals surface area contributed by atoms with Crippen LogP contribution in [0, 0.1) is 5.92 Å². The quantitative estimate of drug-likeness (QED) is 0.845. The zero-order valence-corrected chi connectivity index (χ0v) is 13.4. The summed E-state index contributed by atoms with van der Waals surface area (Å²) in [5.41, 5.74) is 2.67. The van der Waals surface area contributed by atoms with E-state index in [2.05, 4.69) is 47.8 Å². The Morgan fingerprint density at radius 3 is 2.43 bits per heavy atom. The molecule has 2 atom stereocenters. The maximum Gasteiger partial charge on any atom is 0.0423 e. The molecule has 1 N–H and O–H groups in total. The highest BCUT2D eigenvalue weighted by Gasteiger charge is 2.26. The van der Waals surface area contributed by atoms with E-state index in [-0.39, 0.29) is 0 Å².